The molecule has 4 rings (SSSR count). The molecule has 180 valence electrons. The maximum absolute atomic E-state index is 14.1. The van der Waals surface area contributed by atoms with Gasteiger partial charge in [0.25, 0.3) is 5.91 Å². The number of aromatic nitrogens is 2. The predicted octanol–water partition coefficient (Wildman–Crippen LogP) is 5.12. The van der Waals surface area contributed by atoms with Gasteiger partial charge in [0, 0.05) is 31.1 Å². The van der Waals surface area contributed by atoms with Crippen LogP contribution in [0, 0.1) is 11.6 Å². The first kappa shape index (κ1) is 25.4. The van der Waals surface area contributed by atoms with Crippen LogP contribution in [0.15, 0.2) is 42.6 Å². The second-order valence-electron chi connectivity index (χ2n) is 7.31. The van der Waals surface area contributed by atoms with Gasteiger partial charge in [0.15, 0.2) is 11.6 Å². The van der Waals surface area contributed by atoms with E-state index in [2.05, 4.69) is 25.9 Å². The number of hydrogen-bond acceptors (Lipinski definition) is 7. The molecule has 0 spiro atoms. The fourth-order valence-corrected chi connectivity index (χ4v) is 3.48. The number of hydrogen-bond donors (Lipinski definition) is 4. The average Bonchev–Trinajstić information content (AvgIpc) is 3.31. The Bertz CT molecular complexity index is 1160. The van der Waals surface area contributed by atoms with Gasteiger partial charge in [-0.05, 0) is 37.1 Å². The number of anilines is 4. The molecule has 1 aromatic heterocycles. The molecule has 8 nitrogen and oxygen atoms in total. The number of halogens is 4. The molecule has 1 fully saturated rings. The van der Waals surface area contributed by atoms with Gasteiger partial charge in [-0.15, -0.1) is 12.4 Å². The van der Waals surface area contributed by atoms with Gasteiger partial charge < -0.3 is 25.8 Å². The van der Waals surface area contributed by atoms with Gasteiger partial charge in [0.05, 0.1) is 16.8 Å². The maximum atomic E-state index is 14.1. The van der Waals surface area contributed by atoms with Gasteiger partial charge in [-0.3, -0.25) is 4.79 Å². The molecule has 1 aliphatic rings. The lowest BCUT2D eigenvalue weighted by molar-refractivity contribution is 0.102. The number of rotatable bonds is 7. The van der Waals surface area contributed by atoms with E-state index in [9.17, 15) is 18.7 Å². The molecular formula is C22H21Cl2F2N5O3. The third-order valence-corrected chi connectivity index (χ3v) is 5.27. The highest BCUT2D eigenvalue weighted by atomic mass is 35.5. The highest BCUT2D eigenvalue weighted by Crippen LogP contribution is 2.27. The van der Waals surface area contributed by atoms with Crippen LogP contribution in [-0.2, 0) is 4.74 Å². The highest BCUT2D eigenvalue weighted by molar-refractivity contribution is 6.34. The second-order valence-corrected chi connectivity index (χ2v) is 7.72. The molecule has 1 amide bonds. The van der Waals surface area contributed by atoms with E-state index in [1.54, 1.807) is 0 Å². The van der Waals surface area contributed by atoms with Crippen molar-refractivity contribution < 1.29 is 23.4 Å². The third-order valence-electron chi connectivity index (χ3n) is 4.96. The lowest BCUT2D eigenvalue weighted by atomic mass is 10.2. The van der Waals surface area contributed by atoms with Crippen molar-refractivity contribution in [3.05, 3.63) is 64.8 Å². The first-order chi connectivity index (χ1) is 15.9. The summed E-state index contributed by atoms with van der Waals surface area (Å²) in [6.45, 7) is 1.06. The van der Waals surface area contributed by atoms with Gasteiger partial charge in [0.2, 0.25) is 5.95 Å². The summed E-state index contributed by atoms with van der Waals surface area (Å²) >= 11 is 6.01. The number of para-hydroxylation sites is 1. The number of nitrogens with one attached hydrogen (secondary N) is 3. The fraction of sp³-hybridized carbons (Fsp3) is 0.227. The van der Waals surface area contributed by atoms with Crippen LogP contribution < -0.4 is 16.0 Å². The molecular weight excluding hydrogens is 491 g/mol. The maximum Gasteiger partial charge on any atom is 0.261 e. The number of phenols is 1. The average molecular weight is 512 g/mol. The van der Waals surface area contributed by atoms with Crippen molar-refractivity contribution in [2.24, 2.45) is 0 Å². The van der Waals surface area contributed by atoms with Crippen molar-refractivity contribution >= 4 is 53.1 Å². The normalized spacial score (nSPS) is 14.9. The standard InChI is InChI=1S/C22H20ClF2N5O3.ClH/c23-15-4-1-5-16(24)19(15)29-21(32)14-11-27-22(28-12-6-7-18(31)17(25)9-12)30-20(14)26-10-13-3-2-8-33-13;/h1,4-7,9,11,13,31H,2-3,8,10H2,(H,29,32)(H2,26,27,28,30);1H. The van der Waals surface area contributed by atoms with E-state index in [1.165, 1.54) is 36.5 Å². The molecule has 3 aromatic rings. The molecule has 0 saturated carbocycles. The molecule has 1 saturated heterocycles. The monoisotopic (exact) mass is 511 g/mol. The molecule has 12 heteroatoms. The van der Waals surface area contributed by atoms with E-state index in [0.717, 1.165) is 18.9 Å². The zero-order valence-electron chi connectivity index (χ0n) is 17.6. The van der Waals surface area contributed by atoms with Crippen molar-refractivity contribution in [2.75, 3.05) is 29.1 Å². The number of carbonyl (C=O) groups is 1. The summed E-state index contributed by atoms with van der Waals surface area (Å²) in [4.78, 5) is 21.3. The van der Waals surface area contributed by atoms with Crippen LogP contribution >= 0.6 is 24.0 Å². The Balaban J connectivity index is 0.00000324. The minimum Gasteiger partial charge on any atom is -0.505 e. The zero-order chi connectivity index (χ0) is 23.4. The second kappa shape index (κ2) is 11.3. The van der Waals surface area contributed by atoms with Gasteiger partial charge >= 0.3 is 0 Å². The summed E-state index contributed by atoms with van der Waals surface area (Å²) in [5.41, 5.74) is 0.191. The first-order valence-corrected chi connectivity index (χ1v) is 10.5. The molecule has 0 aliphatic carbocycles. The quantitative estimate of drug-likeness (QED) is 0.326. The number of aromatic hydroxyl groups is 1. The molecule has 1 atom stereocenters. The van der Waals surface area contributed by atoms with Crippen molar-refractivity contribution in [3.63, 3.8) is 0 Å². The summed E-state index contributed by atoms with van der Waals surface area (Å²) in [6, 6.07) is 7.78. The van der Waals surface area contributed by atoms with Crippen LogP contribution in [-0.4, -0.2) is 40.2 Å². The van der Waals surface area contributed by atoms with E-state index in [1.807, 2.05) is 0 Å². The Morgan fingerprint density at radius 3 is 2.76 bits per heavy atom. The lowest BCUT2D eigenvalue weighted by Crippen LogP contribution is -2.23. The van der Waals surface area contributed by atoms with Crippen molar-refractivity contribution in [1.29, 1.82) is 0 Å². The van der Waals surface area contributed by atoms with Crippen LogP contribution in [0.4, 0.5) is 31.9 Å². The number of ether oxygens (including phenoxy) is 1. The van der Waals surface area contributed by atoms with Crippen LogP contribution in [0.5, 0.6) is 5.75 Å². The minimum absolute atomic E-state index is 0. The van der Waals surface area contributed by atoms with Crippen molar-refractivity contribution in [3.8, 4) is 5.75 Å². The number of phenolic OH excluding ortho intramolecular Hbond substituents is 1. The van der Waals surface area contributed by atoms with Crippen LogP contribution in [0.25, 0.3) is 0 Å². The minimum atomic E-state index is -0.811. The summed E-state index contributed by atoms with van der Waals surface area (Å²) in [7, 11) is 0. The van der Waals surface area contributed by atoms with Gasteiger partial charge in [-0.25, -0.2) is 13.8 Å². The van der Waals surface area contributed by atoms with E-state index in [4.69, 9.17) is 16.3 Å². The molecule has 1 aliphatic heterocycles. The van der Waals surface area contributed by atoms with Gasteiger partial charge in [0.1, 0.15) is 17.2 Å². The van der Waals surface area contributed by atoms with Gasteiger partial charge in [-0.2, -0.15) is 4.98 Å². The Morgan fingerprint density at radius 2 is 2.06 bits per heavy atom. The number of carbonyl (C=O) groups excluding carboxylic acids is 1. The van der Waals surface area contributed by atoms with Crippen molar-refractivity contribution in [1.82, 2.24) is 9.97 Å². The molecule has 34 heavy (non-hydrogen) atoms. The van der Waals surface area contributed by atoms with Crippen LogP contribution in [0.2, 0.25) is 5.02 Å². The summed E-state index contributed by atoms with van der Waals surface area (Å²) < 4.78 is 33.4. The molecule has 0 bridgehead atoms. The smallest absolute Gasteiger partial charge is 0.261 e. The van der Waals surface area contributed by atoms with E-state index >= 15 is 0 Å². The molecule has 2 aromatic carbocycles. The Morgan fingerprint density at radius 1 is 1.24 bits per heavy atom. The Kier molecular flexibility index (Phi) is 8.43. The molecule has 2 heterocycles. The van der Waals surface area contributed by atoms with Crippen molar-refractivity contribution in [2.45, 2.75) is 18.9 Å². The SMILES string of the molecule is Cl.O=C(Nc1c(F)cccc1Cl)c1cnc(Nc2ccc(O)c(F)c2)nc1NCC1CCCO1. The molecule has 4 N–H and O–H groups in total. The molecule has 0 radical (unpaired) electrons. The number of nitrogens with zero attached hydrogens (tertiary/aromatic N) is 2. The largest absolute Gasteiger partial charge is 0.505 e. The summed E-state index contributed by atoms with van der Waals surface area (Å²) in [6.07, 6.45) is 3.02. The molecule has 1 unspecified atom stereocenters. The van der Waals surface area contributed by atoms with E-state index in [-0.39, 0.29) is 46.6 Å². The third kappa shape index (κ3) is 6.02. The summed E-state index contributed by atoms with van der Waals surface area (Å²) in [5, 5.41) is 17.7. The van der Waals surface area contributed by atoms with Crippen LogP contribution in [0.1, 0.15) is 23.2 Å². The topological polar surface area (TPSA) is 108 Å². The Hall–Kier alpha value is -3.21. The fourth-order valence-electron chi connectivity index (χ4n) is 3.27. The van der Waals surface area contributed by atoms with Gasteiger partial charge in [-0.1, -0.05) is 17.7 Å². The van der Waals surface area contributed by atoms with E-state index < -0.39 is 23.3 Å². The zero-order valence-corrected chi connectivity index (χ0v) is 19.2. The van der Waals surface area contributed by atoms with Crippen LogP contribution in [0.3, 0.4) is 0 Å². The number of benzene rings is 2. The number of amides is 1. The lowest BCUT2D eigenvalue weighted by Gasteiger charge is -2.16. The summed E-state index contributed by atoms with van der Waals surface area (Å²) in [5.74, 6) is -2.39. The predicted molar refractivity (Wildman–Crippen MR) is 127 cm³/mol. The first-order valence-electron chi connectivity index (χ1n) is 10.1. The Labute approximate surface area is 205 Å². The highest BCUT2D eigenvalue weighted by Gasteiger charge is 2.21. The van der Waals surface area contributed by atoms with E-state index in [0.29, 0.717) is 18.8 Å².